The van der Waals surface area contributed by atoms with Gasteiger partial charge in [-0.2, -0.15) is 4.68 Å². The molecule has 146 valence electrons. The number of aromatic nitrogens is 4. The summed E-state index contributed by atoms with van der Waals surface area (Å²) in [6, 6.07) is 8.32. The van der Waals surface area contributed by atoms with Crippen molar-refractivity contribution in [1.82, 2.24) is 25.5 Å². The molecule has 0 saturated carbocycles. The van der Waals surface area contributed by atoms with Crippen LogP contribution < -0.4 is 16.4 Å². The first-order valence-corrected chi connectivity index (χ1v) is 7.43. The van der Waals surface area contributed by atoms with Crippen molar-refractivity contribution in [2.24, 2.45) is 5.73 Å². The molecule has 0 aliphatic carbocycles. The summed E-state index contributed by atoms with van der Waals surface area (Å²) in [6.07, 6.45) is 0.363. The number of tetrazole rings is 1. The van der Waals surface area contributed by atoms with E-state index in [1.165, 1.54) is 4.68 Å². The lowest BCUT2D eigenvalue weighted by molar-refractivity contribution is -0.123. The fourth-order valence-electron chi connectivity index (χ4n) is 1.94. The zero-order chi connectivity index (χ0) is 17.6. The number of hydrogen-bond donors (Lipinski definition) is 3. The molecule has 0 bridgehead atoms. The molecule has 0 spiro atoms. The molecule has 1 atom stereocenters. The van der Waals surface area contributed by atoms with Gasteiger partial charge in [0.2, 0.25) is 11.9 Å². The van der Waals surface area contributed by atoms with Crippen molar-refractivity contribution in [3.8, 4) is 5.69 Å². The van der Waals surface area contributed by atoms with Crippen LogP contribution in [0.15, 0.2) is 30.3 Å². The number of hydrogen-bond acceptors (Lipinski definition) is 6. The van der Waals surface area contributed by atoms with E-state index in [9.17, 15) is 13.6 Å². The largest absolute Gasteiger partial charge is 0.348 e. The van der Waals surface area contributed by atoms with Gasteiger partial charge in [0.05, 0.1) is 18.8 Å². The van der Waals surface area contributed by atoms with E-state index in [1.807, 2.05) is 18.2 Å². The first-order chi connectivity index (χ1) is 11.5. The van der Waals surface area contributed by atoms with Gasteiger partial charge in [0.1, 0.15) is 6.04 Å². The number of carbonyl (C=O) groups is 1. The molecule has 0 fully saturated rings. The van der Waals surface area contributed by atoms with Crippen molar-refractivity contribution in [2.45, 2.75) is 25.3 Å². The third kappa shape index (κ3) is 6.36. The first-order valence-electron chi connectivity index (χ1n) is 7.43. The standard InChI is InChI=1S/C14H19F2N7O.2ClH/c1-2-11(12(24)18-9-14(15,16)8-17)19-13-20-21-22-23(13)10-6-4-3-5-7-10;;/h3-7,11H,2,8-9,17H2,1H3,(H,18,24)(H,19,20,22);2*1H. The summed E-state index contributed by atoms with van der Waals surface area (Å²) in [5.74, 6) is -3.47. The van der Waals surface area contributed by atoms with E-state index in [4.69, 9.17) is 5.73 Å². The Morgan fingerprint density at radius 3 is 2.54 bits per heavy atom. The molecule has 1 heterocycles. The van der Waals surface area contributed by atoms with Crippen molar-refractivity contribution in [3.05, 3.63) is 30.3 Å². The summed E-state index contributed by atoms with van der Waals surface area (Å²) in [7, 11) is 0. The number of alkyl halides is 2. The van der Waals surface area contributed by atoms with E-state index in [0.29, 0.717) is 12.1 Å². The van der Waals surface area contributed by atoms with E-state index in [1.54, 1.807) is 19.1 Å². The van der Waals surface area contributed by atoms with Crippen LogP contribution in [0.5, 0.6) is 0 Å². The van der Waals surface area contributed by atoms with Gasteiger partial charge in [-0.3, -0.25) is 4.79 Å². The van der Waals surface area contributed by atoms with Gasteiger partial charge in [-0.1, -0.05) is 30.2 Å². The van der Waals surface area contributed by atoms with Crippen LogP contribution in [0, 0.1) is 0 Å². The van der Waals surface area contributed by atoms with Gasteiger partial charge in [0.15, 0.2) is 0 Å². The van der Waals surface area contributed by atoms with Crippen LogP contribution >= 0.6 is 24.8 Å². The number of anilines is 1. The molecule has 1 amide bonds. The molecular weight excluding hydrogens is 391 g/mol. The minimum absolute atomic E-state index is 0. The third-order valence-corrected chi connectivity index (χ3v) is 3.32. The van der Waals surface area contributed by atoms with Crippen LogP contribution in [0.25, 0.3) is 5.69 Å². The fraction of sp³-hybridized carbons (Fsp3) is 0.429. The molecule has 1 unspecified atom stereocenters. The molecule has 0 radical (unpaired) electrons. The zero-order valence-electron chi connectivity index (χ0n) is 13.9. The topological polar surface area (TPSA) is 111 Å². The Labute approximate surface area is 161 Å². The highest BCUT2D eigenvalue weighted by Crippen LogP contribution is 2.13. The summed E-state index contributed by atoms with van der Waals surface area (Å²) >= 11 is 0. The van der Waals surface area contributed by atoms with Crippen LogP contribution in [-0.4, -0.2) is 51.2 Å². The van der Waals surface area contributed by atoms with E-state index in [2.05, 4.69) is 26.2 Å². The second-order valence-electron chi connectivity index (χ2n) is 5.13. The Morgan fingerprint density at radius 1 is 1.31 bits per heavy atom. The Balaban J connectivity index is 0.00000312. The van der Waals surface area contributed by atoms with E-state index >= 15 is 0 Å². The number of nitrogens with one attached hydrogen (secondary N) is 2. The number of nitrogens with two attached hydrogens (primary N) is 1. The summed E-state index contributed by atoms with van der Waals surface area (Å²) in [5, 5.41) is 16.3. The van der Waals surface area contributed by atoms with Crippen LogP contribution in [0.3, 0.4) is 0 Å². The zero-order valence-corrected chi connectivity index (χ0v) is 15.6. The Bertz CT molecular complexity index is 672. The molecule has 1 aromatic carbocycles. The van der Waals surface area contributed by atoms with Crippen molar-refractivity contribution < 1.29 is 13.6 Å². The average molecular weight is 412 g/mol. The van der Waals surface area contributed by atoms with E-state index < -0.39 is 31.0 Å². The minimum Gasteiger partial charge on any atom is -0.348 e. The van der Waals surface area contributed by atoms with E-state index in [-0.39, 0.29) is 30.8 Å². The molecular formula is C14H21Cl2F2N7O. The number of para-hydroxylation sites is 1. The monoisotopic (exact) mass is 411 g/mol. The van der Waals surface area contributed by atoms with Gasteiger partial charge in [-0.15, -0.1) is 24.8 Å². The Kier molecular flexibility index (Phi) is 9.99. The number of benzene rings is 1. The van der Waals surface area contributed by atoms with Gasteiger partial charge in [-0.25, -0.2) is 8.78 Å². The summed E-state index contributed by atoms with van der Waals surface area (Å²) in [6.45, 7) is 0.100. The number of nitrogens with zero attached hydrogens (tertiary/aromatic N) is 4. The average Bonchev–Trinajstić information content (AvgIpc) is 3.06. The molecule has 0 saturated heterocycles. The highest BCUT2D eigenvalue weighted by molar-refractivity contribution is 5.85. The smallest absolute Gasteiger partial charge is 0.277 e. The summed E-state index contributed by atoms with van der Waals surface area (Å²) in [4.78, 5) is 12.1. The number of rotatable bonds is 8. The summed E-state index contributed by atoms with van der Waals surface area (Å²) in [5.41, 5.74) is 5.65. The predicted octanol–water partition coefficient (Wildman–Crippen LogP) is 1.41. The van der Waals surface area contributed by atoms with Crippen molar-refractivity contribution in [1.29, 1.82) is 0 Å². The highest BCUT2D eigenvalue weighted by atomic mass is 35.5. The second-order valence-corrected chi connectivity index (χ2v) is 5.13. The lowest BCUT2D eigenvalue weighted by Gasteiger charge is -2.19. The molecule has 2 aromatic rings. The number of carbonyl (C=O) groups excluding carboxylic acids is 1. The first kappa shape index (κ1) is 24.0. The van der Waals surface area contributed by atoms with Crippen molar-refractivity contribution >= 4 is 36.7 Å². The number of amides is 1. The van der Waals surface area contributed by atoms with Crippen LogP contribution in [0.2, 0.25) is 0 Å². The predicted molar refractivity (Wildman–Crippen MR) is 98.4 cm³/mol. The van der Waals surface area contributed by atoms with Crippen molar-refractivity contribution in [2.75, 3.05) is 18.4 Å². The van der Waals surface area contributed by atoms with Crippen LogP contribution in [0.1, 0.15) is 13.3 Å². The van der Waals surface area contributed by atoms with Gasteiger partial charge in [0, 0.05) is 0 Å². The Hall–Kier alpha value is -2.04. The fourth-order valence-corrected chi connectivity index (χ4v) is 1.94. The number of halogens is 4. The lowest BCUT2D eigenvalue weighted by Crippen LogP contribution is -2.47. The maximum atomic E-state index is 13.1. The molecule has 0 aliphatic rings. The molecule has 0 aliphatic heterocycles. The van der Waals surface area contributed by atoms with Gasteiger partial charge < -0.3 is 16.4 Å². The van der Waals surface area contributed by atoms with Gasteiger partial charge in [-0.05, 0) is 29.0 Å². The van der Waals surface area contributed by atoms with Gasteiger partial charge in [0.25, 0.3) is 5.92 Å². The minimum atomic E-state index is -3.14. The molecule has 4 N–H and O–H groups in total. The maximum Gasteiger partial charge on any atom is 0.277 e. The molecule has 12 heteroatoms. The molecule has 2 rings (SSSR count). The normalized spacial score (nSPS) is 11.7. The quantitative estimate of drug-likeness (QED) is 0.605. The van der Waals surface area contributed by atoms with Gasteiger partial charge >= 0.3 is 0 Å². The second kappa shape index (κ2) is 10.8. The molecule has 26 heavy (non-hydrogen) atoms. The molecule has 8 nitrogen and oxygen atoms in total. The Morgan fingerprint density at radius 2 is 1.96 bits per heavy atom. The lowest BCUT2D eigenvalue weighted by atomic mass is 10.2. The SMILES string of the molecule is CCC(Nc1nnnn1-c1ccccc1)C(=O)NCC(F)(F)CN.Cl.Cl. The van der Waals surface area contributed by atoms with Crippen LogP contribution in [-0.2, 0) is 4.79 Å². The van der Waals surface area contributed by atoms with E-state index in [0.717, 1.165) is 0 Å². The van der Waals surface area contributed by atoms with Crippen molar-refractivity contribution in [3.63, 3.8) is 0 Å². The maximum absolute atomic E-state index is 13.1. The third-order valence-electron chi connectivity index (χ3n) is 3.32. The highest BCUT2D eigenvalue weighted by Gasteiger charge is 2.29. The molecule has 1 aromatic heterocycles. The summed E-state index contributed by atoms with van der Waals surface area (Å²) < 4.78 is 27.7. The van der Waals surface area contributed by atoms with Crippen LogP contribution in [0.4, 0.5) is 14.7 Å².